The normalized spacial score (nSPS) is 21.2. The highest BCUT2D eigenvalue weighted by molar-refractivity contribution is 6.30. The molecule has 0 heterocycles. The van der Waals surface area contributed by atoms with Gasteiger partial charge in [0.2, 0.25) is 0 Å². The average Bonchev–Trinajstić information content (AvgIpc) is 2.67. The van der Waals surface area contributed by atoms with Gasteiger partial charge in [-0.15, -0.1) is 0 Å². The SMILES string of the molecule is CC1(O)C(c2cccc(Cl)c2)=C(C(F)(F)F)c2ccccc21. The van der Waals surface area contributed by atoms with Crippen LogP contribution < -0.4 is 0 Å². The fourth-order valence-corrected chi connectivity index (χ4v) is 3.19. The molecule has 1 aliphatic carbocycles. The third kappa shape index (κ3) is 2.23. The number of halogens is 4. The molecule has 0 aliphatic heterocycles. The Bertz CT molecular complexity index is 775. The quantitative estimate of drug-likeness (QED) is 0.779. The van der Waals surface area contributed by atoms with E-state index >= 15 is 0 Å². The molecule has 1 N–H and O–H groups in total. The molecule has 2 aromatic rings. The molecule has 1 atom stereocenters. The van der Waals surface area contributed by atoms with Crippen molar-refractivity contribution in [3.63, 3.8) is 0 Å². The molecule has 0 spiro atoms. The van der Waals surface area contributed by atoms with Crippen molar-refractivity contribution in [3.8, 4) is 0 Å². The zero-order chi connectivity index (χ0) is 16.1. The summed E-state index contributed by atoms with van der Waals surface area (Å²) in [4.78, 5) is 0. The van der Waals surface area contributed by atoms with Crippen LogP contribution in [-0.4, -0.2) is 11.3 Å². The van der Waals surface area contributed by atoms with E-state index in [1.165, 1.54) is 37.3 Å². The molecular formula is C17H12ClF3O. The maximum Gasteiger partial charge on any atom is 0.417 e. The highest BCUT2D eigenvalue weighted by Gasteiger charge is 2.49. The molecule has 2 aromatic carbocycles. The van der Waals surface area contributed by atoms with Crippen molar-refractivity contribution in [3.05, 3.63) is 70.2 Å². The minimum absolute atomic E-state index is 0.00924. The van der Waals surface area contributed by atoms with E-state index in [0.717, 1.165) is 0 Å². The van der Waals surface area contributed by atoms with Crippen LogP contribution in [0.5, 0.6) is 0 Å². The van der Waals surface area contributed by atoms with Crippen LogP contribution in [0.3, 0.4) is 0 Å². The second-order valence-corrected chi connectivity index (χ2v) is 5.81. The number of hydrogen-bond donors (Lipinski definition) is 1. The maximum absolute atomic E-state index is 13.6. The van der Waals surface area contributed by atoms with Crippen LogP contribution in [0.15, 0.2) is 48.5 Å². The number of rotatable bonds is 1. The lowest BCUT2D eigenvalue weighted by Crippen LogP contribution is -2.21. The van der Waals surface area contributed by atoms with E-state index in [-0.39, 0.29) is 22.3 Å². The summed E-state index contributed by atoms with van der Waals surface area (Å²) < 4.78 is 40.9. The van der Waals surface area contributed by atoms with Gasteiger partial charge in [-0.2, -0.15) is 13.2 Å². The number of hydrogen-bond acceptors (Lipinski definition) is 1. The summed E-state index contributed by atoms with van der Waals surface area (Å²) in [5.41, 5.74) is -2.18. The standard InChI is InChI=1S/C17H12ClF3O/c1-16(22)13-8-3-2-7-12(13)15(17(19,20)21)14(16)10-5-4-6-11(18)9-10/h2-9,22H,1H3. The Morgan fingerprint density at radius 2 is 1.73 bits per heavy atom. The molecule has 3 rings (SSSR count). The van der Waals surface area contributed by atoms with Gasteiger partial charge in [0.1, 0.15) is 5.60 Å². The van der Waals surface area contributed by atoms with Gasteiger partial charge in [-0.05, 0) is 35.7 Å². The minimum atomic E-state index is -4.58. The summed E-state index contributed by atoms with van der Waals surface area (Å²) in [5.74, 6) is 0. The van der Waals surface area contributed by atoms with Crippen molar-refractivity contribution in [1.82, 2.24) is 0 Å². The summed E-state index contributed by atoms with van der Waals surface area (Å²) in [6.45, 7) is 1.38. The molecule has 0 bridgehead atoms. The van der Waals surface area contributed by atoms with Gasteiger partial charge >= 0.3 is 6.18 Å². The van der Waals surface area contributed by atoms with E-state index in [9.17, 15) is 18.3 Å². The van der Waals surface area contributed by atoms with E-state index in [0.29, 0.717) is 5.02 Å². The second-order valence-electron chi connectivity index (χ2n) is 5.38. The largest absolute Gasteiger partial charge is 0.417 e. The van der Waals surface area contributed by atoms with Crippen LogP contribution >= 0.6 is 11.6 Å². The van der Waals surface area contributed by atoms with Crippen LogP contribution in [-0.2, 0) is 5.60 Å². The third-order valence-corrected chi connectivity index (χ3v) is 4.09. The smallest absolute Gasteiger partial charge is 0.381 e. The molecule has 0 aromatic heterocycles. The molecule has 0 fully saturated rings. The number of benzene rings is 2. The highest BCUT2D eigenvalue weighted by Crippen LogP contribution is 2.54. The Labute approximate surface area is 130 Å². The Hall–Kier alpha value is -1.78. The van der Waals surface area contributed by atoms with Crippen molar-refractivity contribution in [2.45, 2.75) is 18.7 Å². The lowest BCUT2D eigenvalue weighted by atomic mass is 9.88. The van der Waals surface area contributed by atoms with Crippen LogP contribution in [0.2, 0.25) is 5.02 Å². The molecular weight excluding hydrogens is 313 g/mol. The summed E-state index contributed by atoms with van der Waals surface area (Å²) in [6.07, 6.45) is -4.58. The van der Waals surface area contributed by atoms with Crippen molar-refractivity contribution in [1.29, 1.82) is 0 Å². The van der Waals surface area contributed by atoms with E-state index in [4.69, 9.17) is 11.6 Å². The van der Waals surface area contributed by atoms with Gasteiger partial charge in [0.05, 0.1) is 5.57 Å². The number of fused-ring (bicyclic) bond motifs is 1. The molecule has 0 saturated heterocycles. The highest BCUT2D eigenvalue weighted by atomic mass is 35.5. The summed E-state index contributed by atoms with van der Waals surface area (Å²) in [5, 5.41) is 11.1. The molecule has 22 heavy (non-hydrogen) atoms. The first-order valence-corrected chi connectivity index (χ1v) is 7.01. The van der Waals surface area contributed by atoms with Crippen LogP contribution in [0.4, 0.5) is 13.2 Å². The van der Waals surface area contributed by atoms with Gasteiger partial charge < -0.3 is 5.11 Å². The van der Waals surface area contributed by atoms with Crippen LogP contribution in [0.25, 0.3) is 11.1 Å². The van der Waals surface area contributed by atoms with Crippen molar-refractivity contribution in [2.24, 2.45) is 0 Å². The lowest BCUT2D eigenvalue weighted by molar-refractivity contribution is -0.0686. The van der Waals surface area contributed by atoms with Crippen LogP contribution in [0, 0.1) is 0 Å². The maximum atomic E-state index is 13.6. The minimum Gasteiger partial charge on any atom is -0.381 e. The molecule has 1 unspecified atom stereocenters. The van der Waals surface area contributed by atoms with Crippen LogP contribution in [0.1, 0.15) is 23.6 Å². The van der Waals surface area contributed by atoms with Gasteiger partial charge in [-0.25, -0.2) is 0 Å². The Morgan fingerprint density at radius 1 is 1.05 bits per heavy atom. The van der Waals surface area contributed by atoms with E-state index in [2.05, 4.69) is 0 Å². The summed E-state index contributed by atoms with van der Waals surface area (Å²) >= 11 is 5.90. The van der Waals surface area contributed by atoms with Gasteiger partial charge in [0, 0.05) is 10.6 Å². The zero-order valence-electron chi connectivity index (χ0n) is 11.6. The van der Waals surface area contributed by atoms with Crippen molar-refractivity contribution >= 4 is 22.7 Å². The first-order chi connectivity index (χ1) is 10.2. The second kappa shape index (κ2) is 4.86. The fraction of sp³-hybridized carbons (Fsp3) is 0.176. The summed E-state index contributed by atoms with van der Waals surface area (Å²) in [7, 11) is 0. The topological polar surface area (TPSA) is 20.2 Å². The predicted molar refractivity (Wildman–Crippen MR) is 80.3 cm³/mol. The van der Waals surface area contributed by atoms with E-state index < -0.39 is 17.4 Å². The Balaban J connectivity index is 2.37. The molecule has 0 radical (unpaired) electrons. The summed E-state index contributed by atoms with van der Waals surface area (Å²) in [6, 6.07) is 12.1. The Kier molecular flexibility index (Phi) is 3.34. The molecule has 0 amide bonds. The van der Waals surface area contributed by atoms with Gasteiger partial charge in [-0.1, -0.05) is 48.0 Å². The van der Waals surface area contributed by atoms with Gasteiger partial charge in [-0.3, -0.25) is 0 Å². The molecule has 0 saturated carbocycles. The first kappa shape index (κ1) is 15.1. The molecule has 1 aliphatic rings. The van der Waals surface area contributed by atoms with Gasteiger partial charge in [0.25, 0.3) is 0 Å². The Morgan fingerprint density at radius 3 is 2.36 bits per heavy atom. The molecule has 1 nitrogen and oxygen atoms in total. The molecule has 5 heteroatoms. The van der Waals surface area contributed by atoms with Crippen molar-refractivity contribution < 1.29 is 18.3 Å². The number of aliphatic hydroxyl groups is 1. The lowest BCUT2D eigenvalue weighted by Gasteiger charge is -2.24. The van der Waals surface area contributed by atoms with E-state index in [1.54, 1.807) is 18.2 Å². The fourth-order valence-electron chi connectivity index (χ4n) is 3.00. The number of allylic oxidation sites excluding steroid dienone is 1. The first-order valence-electron chi connectivity index (χ1n) is 6.63. The third-order valence-electron chi connectivity index (χ3n) is 3.85. The molecule has 114 valence electrons. The van der Waals surface area contributed by atoms with Gasteiger partial charge in [0.15, 0.2) is 0 Å². The monoisotopic (exact) mass is 324 g/mol. The van der Waals surface area contributed by atoms with E-state index in [1.807, 2.05) is 0 Å². The number of alkyl halides is 3. The predicted octanol–water partition coefficient (Wildman–Crippen LogP) is 5.03. The zero-order valence-corrected chi connectivity index (χ0v) is 12.3. The average molecular weight is 325 g/mol. The van der Waals surface area contributed by atoms with Crippen molar-refractivity contribution in [2.75, 3.05) is 0 Å².